The van der Waals surface area contributed by atoms with Crippen molar-refractivity contribution in [3.63, 3.8) is 0 Å². The van der Waals surface area contributed by atoms with Crippen LogP contribution in [0.2, 0.25) is 0 Å². The zero-order valence-corrected chi connectivity index (χ0v) is 10.5. The van der Waals surface area contributed by atoms with Crippen LogP contribution in [-0.2, 0) is 9.59 Å². The Bertz CT molecular complexity index is 264. The maximum absolute atomic E-state index is 11.6. The van der Waals surface area contributed by atoms with Crippen molar-refractivity contribution >= 4 is 11.8 Å². The predicted octanol–water partition coefficient (Wildman–Crippen LogP) is 0.00380. The summed E-state index contributed by atoms with van der Waals surface area (Å²) in [6.45, 7) is 3.54. The Morgan fingerprint density at radius 3 is 2.53 bits per heavy atom. The Balaban J connectivity index is 2.00. The number of hydrogen-bond acceptors (Lipinski definition) is 3. The lowest BCUT2D eigenvalue weighted by molar-refractivity contribution is -0.125. The number of nitrogens with two attached hydrogens (primary N) is 1. The number of hydrogen-bond donors (Lipinski definition) is 3. The normalized spacial score (nSPS) is 16.4. The molecule has 0 spiro atoms. The summed E-state index contributed by atoms with van der Waals surface area (Å²) in [5.74, 6) is 0.390. The van der Waals surface area contributed by atoms with Crippen molar-refractivity contribution in [1.29, 1.82) is 0 Å². The Kier molecular flexibility index (Phi) is 5.97. The fourth-order valence-electron chi connectivity index (χ4n) is 1.59. The first-order chi connectivity index (χ1) is 8.15. The summed E-state index contributed by atoms with van der Waals surface area (Å²) in [4.78, 5) is 22.9. The topological polar surface area (TPSA) is 84.2 Å². The quantitative estimate of drug-likeness (QED) is 0.523. The van der Waals surface area contributed by atoms with E-state index in [9.17, 15) is 9.59 Å². The van der Waals surface area contributed by atoms with Crippen molar-refractivity contribution in [1.82, 2.24) is 10.6 Å². The van der Waals surface area contributed by atoms with Crippen LogP contribution in [0.5, 0.6) is 0 Å². The van der Waals surface area contributed by atoms with Gasteiger partial charge in [0.25, 0.3) is 0 Å². The molecule has 0 radical (unpaired) electrons. The highest BCUT2D eigenvalue weighted by Gasteiger charge is 2.28. The summed E-state index contributed by atoms with van der Waals surface area (Å²) in [7, 11) is 0. The van der Waals surface area contributed by atoms with Gasteiger partial charge in [-0.15, -0.1) is 0 Å². The minimum atomic E-state index is -0.00214. The fraction of sp³-hybridized carbons (Fsp3) is 0.833. The summed E-state index contributed by atoms with van der Waals surface area (Å²) in [5.41, 5.74) is 5.39. The van der Waals surface area contributed by atoms with Gasteiger partial charge in [0.15, 0.2) is 0 Å². The first-order valence-corrected chi connectivity index (χ1v) is 6.40. The van der Waals surface area contributed by atoms with Crippen LogP contribution in [-0.4, -0.2) is 31.4 Å². The lowest BCUT2D eigenvalue weighted by Gasteiger charge is -2.11. The molecule has 1 fully saturated rings. The van der Waals surface area contributed by atoms with Gasteiger partial charge in [0.1, 0.15) is 0 Å². The molecule has 2 amide bonds. The van der Waals surface area contributed by atoms with Crippen LogP contribution in [0.1, 0.15) is 32.6 Å². The molecular formula is C12H23N3O2. The average molecular weight is 241 g/mol. The largest absolute Gasteiger partial charge is 0.354 e. The van der Waals surface area contributed by atoms with Crippen molar-refractivity contribution in [2.75, 3.05) is 19.6 Å². The van der Waals surface area contributed by atoms with Crippen molar-refractivity contribution in [3.05, 3.63) is 0 Å². The highest BCUT2D eigenvalue weighted by molar-refractivity contribution is 5.81. The number of carbonyl (C=O) groups excluding carboxylic acids is 2. The van der Waals surface area contributed by atoms with Gasteiger partial charge in [0.2, 0.25) is 11.8 Å². The second-order valence-electron chi connectivity index (χ2n) is 4.69. The van der Waals surface area contributed by atoms with Gasteiger partial charge >= 0.3 is 0 Å². The molecule has 0 saturated heterocycles. The van der Waals surface area contributed by atoms with E-state index in [4.69, 9.17) is 5.73 Å². The van der Waals surface area contributed by atoms with E-state index in [2.05, 4.69) is 10.6 Å². The van der Waals surface area contributed by atoms with Crippen molar-refractivity contribution in [2.45, 2.75) is 32.6 Å². The minimum absolute atomic E-state index is 0.00214. The van der Waals surface area contributed by atoms with Gasteiger partial charge in [-0.1, -0.05) is 6.92 Å². The molecule has 17 heavy (non-hydrogen) atoms. The van der Waals surface area contributed by atoms with Gasteiger partial charge in [-0.05, 0) is 32.2 Å². The van der Waals surface area contributed by atoms with E-state index in [1.54, 1.807) is 0 Å². The zero-order valence-electron chi connectivity index (χ0n) is 10.5. The Labute approximate surface area is 103 Å². The van der Waals surface area contributed by atoms with Crippen molar-refractivity contribution in [2.24, 2.45) is 17.6 Å². The zero-order chi connectivity index (χ0) is 12.7. The molecule has 1 atom stereocenters. The SMILES string of the molecule is CC(CCCN)C(=O)NCCNC(=O)C1CC1. The Hall–Kier alpha value is -1.10. The molecule has 4 N–H and O–H groups in total. The standard InChI is InChI=1S/C12H23N3O2/c1-9(3-2-6-13)11(16)14-7-8-15-12(17)10-4-5-10/h9-10H,2-8,13H2,1H3,(H,14,16)(H,15,17). The minimum Gasteiger partial charge on any atom is -0.354 e. The second-order valence-corrected chi connectivity index (χ2v) is 4.69. The molecule has 1 rings (SSSR count). The van der Waals surface area contributed by atoms with Crippen molar-refractivity contribution in [3.8, 4) is 0 Å². The molecule has 0 aromatic heterocycles. The van der Waals surface area contributed by atoms with Gasteiger partial charge in [-0.3, -0.25) is 9.59 Å². The number of amides is 2. The summed E-state index contributed by atoms with van der Waals surface area (Å²) < 4.78 is 0. The fourth-order valence-corrected chi connectivity index (χ4v) is 1.59. The third kappa shape index (κ3) is 5.68. The molecule has 0 bridgehead atoms. The average Bonchev–Trinajstić information content (AvgIpc) is 3.14. The lowest BCUT2D eigenvalue weighted by atomic mass is 10.1. The smallest absolute Gasteiger partial charge is 0.223 e. The van der Waals surface area contributed by atoms with Gasteiger partial charge in [-0.25, -0.2) is 0 Å². The highest BCUT2D eigenvalue weighted by atomic mass is 16.2. The third-order valence-electron chi connectivity index (χ3n) is 2.96. The van der Waals surface area contributed by atoms with Gasteiger partial charge in [-0.2, -0.15) is 0 Å². The molecule has 1 unspecified atom stereocenters. The summed E-state index contributed by atoms with van der Waals surface area (Å²) in [5, 5.41) is 5.62. The van der Waals surface area contributed by atoms with Crippen LogP contribution < -0.4 is 16.4 Å². The van der Waals surface area contributed by atoms with E-state index in [0.29, 0.717) is 19.6 Å². The highest BCUT2D eigenvalue weighted by Crippen LogP contribution is 2.28. The molecule has 98 valence electrons. The molecule has 0 aromatic carbocycles. The molecule has 0 aliphatic heterocycles. The summed E-state index contributed by atoms with van der Waals surface area (Å²) in [6.07, 6.45) is 3.70. The van der Waals surface area contributed by atoms with E-state index in [1.807, 2.05) is 6.92 Å². The predicted molar refractivity (Wildman–Crippen MR) is 66.2 cm³/mol. The Morgan fingerprint density at radius 1 is 1.29 bits per heavy atom. The Morgan fingerprint density at radius 2 is 1.94 bits per heavy atom. The van der Waals surface area contributed by atoms with E-state index >= 15 is 0 Å². The summed E-state index contributed by atoms with van der Waals surface area (Å²) >= 11 is 0. The van der Waals surface area contributed by atoms with Crippen LogP contribution in [0.25, 0.3) is 0 Å². The van der Waals surface area contributed by atoms with Crippen molar-refractivity contribution < 1.29 is 9.59 Å². The number of carbonyl (C=O) groups is 2. The monoisotopic (exact) mass is 241 g/mol. The van der Waals surface area contributed by atoms with Gasteiger partial charge in [0, 0.05) is 24.9 Å². The lowest BCUT2D eigenvalue weighted by Crippen LogP contribution is -2.37. The van der Waals surface area contributed by atoms with Crippen LogP contribution in [0.3, 0.4) is 0 Å². The molecule has 1 aliphatic carbocycles. The van der Waals surface area contributed by atoms with Crippen LogP contribution in [0.15, 0.2) is 0 Å². The molecule has 0 aromatic rings. The molecule has 1 aliphatic rings. The second kappa shape index (κ2) is 7.27. The van der Waals surface area contributed by atoms with E-state index < -0.39 is 0 Å². The van der Waals surface area contributed by atoms with Gasteiger partial charge in [0.05, 0.1) is 0 Å². The maximum Gasteiger partial charge on any atom is 0.223 e. The van der Waals surface area contributed by atoms with E-state index in [-0.39, 0.29) is 23.7 Å². The molecule has 1 saturated carbocycles. The van der Waals surface area contributed by atoms with Crippen LogP contribution in [0, 0.1) is 11.8 Å². The first kappa shape index (κ1) is 14.0. The number of nitrogens with one attached hydrogen (secondary N) is 2. The maximum atomic E-state index is 11.6. The molecule has 5 nitrogen and oxygen atoms in total. The molecular weight excluding hydrogens is 218 g/mol. The van der Waals surface area contributed by atoms with Crippen LogP contribution in [0.4, 0.5) is 0 Å². The summed E-state index contributed by atoms with van der Waals surface area (Å²) in [6, 6.07) is 0. The van der Waals surface area contributed by atoms with Gasteiger partial charge < -0.3 is 16.4 Å². The molecule has 0 heterocycles. The first-order valence-electron chi connectivity index (χ1n) is 6.40. The van der Waals surface area contributed by atoms with E-state index in [0.717, 1.165) is 25.7 Å². The third-order valence-corrected chi connectivity index (χ3v) is 2.96. The van der Waals surface area contributed by atoms with E-state index in [1.165, 1.54) is 0 Å². The van der Waals surface area contributed by atoms with Crippen LogP contribution >= 0.6 is 0 Å². The molecule has 5 heteroatoms. The number of rotatable bonds is 8.